The number of carbonyl (C=O) groups excluding carboxylic acids is 1. The molecule has 1 atom stereocenters. The van der Waals surface area contributed by atoms with E-state index in [0.717, 1.165) is 31.7 Å². The van der Waals surface area contributed by atoms with E-state index in [2.05, 4.69) is 29.2 Å². The molecule has 31 heavy (non-hydrogen) atoms. The molecule has 0 bridgehead atoms. The minimum Gasteiger partial charge on any atom is -0.463 e. The monoisotopic (exact) mass is 425 g/mol. The number of furan rings is 1. The number of carbonyl (C=O) groups is 1. The number of amides is 1. The lowest BCUT2D eigenvalue weighted by molar-refractivity contribution is 0.00673. The molecule has 0 saturated carbocycles. The molecule has 3 aromatic rings. The van der Waals surface area contributed by atoms with Gasteiger partial charge in [0.1, 0.15) is 5.69 Å². The first kappa shape index (κ1) is 21.5. The van der Waals surface area contributed by atoms with Gasteiger partial charge in [0, 0.05) is 31.7 Å². The van der Waals surface area contributed by atoms with Crippen LogP contribution in [0.25, 0.3) is 22.5 Å². The van der Waals surface area contributed by atoms with Gasteiger partial charge in [-0.25, -0.2) is 9.67 Å². The first-order valence-electron chi connectivity index (χ1n) is 11.0. The molecular formula is C23H31N5O3. The van der Waals surface area contributed by atoms with Crippen LogP contribution in [0.4, 0.5) is 0 Å². The Balaban J connectivity index is 1.63. The Kier molecular flexibility index (Phi) is 6.38. The molecule has 4 rings (SSSR count). The van der Waals surface area contributed by atoms with E-state index >= 15 is 0 Å². The van der Waals surface area contributed by atoms with Crippen LogP contribution in [-0.2, 0) is 4.74 Å². The summed E-state index contributed by atoms with van der Waals surface area (Å²) < 4.78 is 12.9. The zero-order valence-electron chi connectivity index (χ0n) is 18.7. The van der Waals surface area contributed by atoms with Crippen molar-refractivity contribution in [2.75, 3.05) is 32.8 Å². The number of ether oxygens (including phenoxy) is 1. The molecule has 0 aliphatic carbocycles. The number of nitrogens with zero attached hydrogens (tertiary/aromatic N) is 4. The van der Waals surface area contributed by atoms with Gasteiger partial charge >= 0.3 is 0 Å². The normalized spacial score (nSPS) is 16.3. The second kappa shape index (κ2) is 9.20. The molecule has 166 valence electrons. The van der Waals surface area contributed by atoms with Crippen LogP contribution in [0.15, 0.2) is 35.1 Å². The van der Waals surface area contributed by atoms with E-state index in [4.69, 9.17) is 14.1 Å². The molecule has 0 radical (unpaired) electrons. The largest absolute Gasteiger partial charge is 0.463 e. The first-order chi connectivity index (χ1) is 15.0. The zero-order chi connectivity index (χ0) is 22.0. The highest BCUT2D eigenvalue weighted by Gasteiger charge is 2.25. The second-order valence-electron chi connectivity index (χ2n) is 8.62. The molecule has 8 heteroatoms. The van der Waals surface area contributed by atoms with Gasteiger partial charge in [-0.2, -0.15) is 5.10 Å². The summed E-state index contributed by atoms with van der Waals surface area (Å²) in [5.74, 6) is 0.918. The van der Waals surface area contributed by atoms with E-state index in [9.17, 15) is 4.79 Å². The van der Waals surface area contributed by atoms with Crippen LogP contribution in [-0.4, -0.2) is 64.5 Å². The lowest BCUT2D eigenvalue weighted by Gasteiger charge is -2.36. The third-order valence-electron chi connectivity index (χ3n) is 5.83. The van der Waals surface area contributed by atoms with Crippen molar-refractivity contribution in [1.29, 1.82) is 0 Å². The van der Waals surface area contributed by atoms with E-state index in [0.29, 0.717) is 35.1 Å². The van der Waals surface area contributed by atoms with Gasteiger partial charge < -0.3 is 14.5 Å². The number of hydrogen-bond acceptors (Lipinski definition) is 6. The topological polar surface area (TPSA) is 85.4 Å². The van der Waals surface area contributed by atoms with Crippen molar-refractivity contribution >= 4 is 16.9 Å². The smallest absolute Gasteiger partial charge is 0.252 e. The van der Waals surface area contributed by atoms with E-state index in [1.54, 1.807) is 18.5 Å². The van der Waals surface area contributed by atoms with E-state index in [1.807, 2.05) is 30.7 Å². The summed E-state index contributed by atoms with van der Waals surface area (Å²) in [6.45, 7) is 12.3. The number of morpholine rings is 1. The molecule has 1 aliphatic heterocycles. The Hall–Kier alpha value is -2.71. The molecule has 1 saturated heterocycles. The second-order valence-corrected chi connectivity index (χ2v) is 8.62. The molecule has 1 N–H and O–H groups in total. The number of rotatable bonds is 7. The zero-order valence-corrected chi connectivity index (χ0v) is 18.7. The average Bonchev–Trinajstić information content (AvgIpc) is 3.43. The van der Waals surface area contributed by atoms with Gasteiger partial charge in [-0.05, 0) is 38.0 Å². The fourth-order valence-corrected chi connectivity index (χ4v) is 4.12. The molecule has 3 aromatic heterocycles. The SMILES string of the molecule is CC(C)C(CNC(=O)c1cc(-c2ccco2)nc2c1cnn2C(C)C)N1CCOCC1. The maximum absolute atomic E-state index is 13.3. The van der Waals surface area contributed by atoms with Gasteiger partial charge in [0.05, 0.1) is 36.6 Å². The molecule has 0 aromatic carbocycles. The summed E-state index contributed by atoms with van der Waals surface area (Å²) in [5, 5.41) is 8.39. The van der Waals surface area contributed by atoms with E-state index in [-0.39, 0.29) is 18.0 Å². The predicted octanol–water partition coefficient (Wildman–Crippen LogP) is 3.36. The molecule has 0 spiro atoms. The standard InChI is InChI=1S/C23H31N5O3/c1-15(2)20(27-7-10-30-11-8-27)14-24-23(29)17-12-19(21-6-5-9-31-21)26-22-18(17)13-25-28(22)16(3)4/h5-6,9,12-13,15-16,20H,7-8,10-11,14H2,1-4H3,(H,24,29). The van der Waals surface area contributed by atoms with E-state index in [1.165, 1.54) is 0 Å². The Bertz CT molecular complexity index is 1020. The van der Waals surface area contributed by atoms with E-state index < -0.39 is 0 Å². The average molecular weight is 426 g/mol. The highest BCUT2D eigenvalue weighted by molar-refractivity contribution is 6.06. The van der Waals surface area contributed by atoms with Crippen molar-refractivity contribution in [3.8, 4) is 11.5 Å². The molecule has 4 heterocycles. The molecular weight excluding hydrogens is 394 g/mol. The maximum Gasteiger partial charge on any atom is 0.252 e. The van der Waals surface area contributed by atoms with Crippen molar-refractivity contribution in [3.63, 3.8) is 0 Å². The minimum atomic E-state index is -0.123. The summed E-state index contributed by atoms with van der Waals surface area (Å²) >= 11 is 0. The lowest BCUT2D eigenvalue weighted by atomic mass is 10.0. The lowest BCUT2D eigenvalue weighted by Crippen LogP contribution is -2.51. The Morgan fingerprint density at radius 1 is 1.23 bits per heavy atom. The predicted molar refractivity (Wildman–Crippen MR) is 119 cm³/mol. The molecule has 1 aliphatic rings. The number of fused-ring (bicyclic) bond motifs is 1. The van der Waals surface area contributed by atoms with Gasteiger partial charge in [0.15, 0.2) is 11.4 Å². The highest BCUT2D eigenvalue weighted by atomic mass is 16.5. The summed E-state index contributed by atoms with van der Waals surface area (Å²) in [5.41, 5.74) is 1.87. The van der Waals surface area contributed by atoms with Crippen LogP contribution in [0.1, 0.15) is 44.1 Å². The van der Waals surface area contributed by atoms with Crippen molar-refractivity contribution in [2.24, 2.45) is 5.92 Å². The summed E-state index contributed by atoms with van der Waals surface area (Å²) in [6, 6.07) is 5.84. The molecule has 8 nitrogen and oxygen atoms in total. The fraction of sp³-hybridized carbons (Fsp3) is 0.522. The number of hydrogen-bond donors (Lipinski definition) is 1. The Labute approximate surface area is 182 Å². The van der Waals surface area contributed by atoms with Gasteiger partial charge in [-0.1, -0.05) is 13.8 Å². The van der Waals surface area contributed by atoms with Crippen molar-refractivity contribution in [1.82, 2.24) is 25.0 Å². The quantitative estimate of drug-likeness (QED) is 0.625. The summed E-state index contributed by atoms with van der Waals surface area (Å²) in [7, 11) is 0. The number of pyridine rings is 1. The highest BCUT2D eigenvalue weighted by Crippen LogP contribution is 2.26. The molecule has 1 fully saturated rings. The van der Waals surface area contributed by atoms with Crippen LogP contribution in [0.3, 0.4) is 0 Å². The number of nitrogens with one attached hydrogen (secondary N) is 1. The van der Waals surface area contributed by atoms with Crippen molar-refractivity contribution in [3.05, 3.63) is 36.2 Å². The maximum atomic E-state index is 13.3. The molecule has 1 amide bonds. The summed E-state index contributed by atoms with van der Waals surface area (Å²) in [6.07, 6.45) is 3.33. The molecule has 1 unspecified atom stereocenters. The Morgan fingerprint density at radius 3 is 2.65 bits per heavy atom. The van der Waals surface area contributed by atoms with Crippen LogP contribution in [0, 0.1) is 5.92 Å². The first-order valence-corrected chi connectivity index (χ1v) is 11.0. The van der Waals surface area contributed by atoms with Crippen LogP contribution in [0.2, 0.25) is 0 Å². The van der Waals surface area contributed by atoms with Gasteiger partial charge in [0.2, 0.25) is 0 Å². The fourth-order valence-electron chi connectivity index (χ4n) is 4.12. The van der Waals surface area contributed by atoms with Crippen LogP contribution >= 0.6 is 0 Å². The van der Waals surface area contributed by atoms with Crippen LogP contribution in [0.5, 0.6) is 0 Å². The third kappa shape index (κ3) is 4.50. The van der Waals surface area contributed by atoms with Gasteiger partial charge in [0.25, 0.3) is 5.91 Å². The van der Waals surface area contributed by atoms with Crippen molar-refractivity contribution in [2.45, 2.75) is 39.8 Å². The number of aromatic nitrogens is 3. The van der Waals surface area contributed by atoms with Gasteiger partial charge in [-0.15, -0.1) is 0 Å². The Morgan fingerprint density at radius 2 is 2.00 bits per heavy atom. The van der Waals surface area contributed by atoms with Crippen LogP contribution < -0.4 is 5.32 Å². The van der Waals surface area contributed by atoms with Gasteiger partial charge in [-0.3, -0.25) is 9.69 Å². The minimum absolute atomic E-state index is 0.123. The third-order valence-corrected chi connectivity index (χ3v) is 5.83. The van der Waals surface area contributed by atoms with Crippen molar-refractivity contribution < 1.29 is 13.9 Å². The summed E-state index contributed by atoms with van der Waals surface area (Å²) in [4.78, 5) is 20.5.